The van der Waals surface area contributed by atoms with Crippen LogP contribution in [0.2, 0.25) is 0 Å². The molecule has 3 amide bonds. The number of nitro groups is 1. The number of carbonyl (C=O) groups excluding carboxylic acids is 4. The van der Waals surface area contributed by atoms with E-state index in [2.05, 4.69) is 10.6 Å². The van der Waals surface area contributed by atoms with Gasteiger partial charge in [0.2, 0.25) is 11.8 Å². The van der Waals surface area contributed by atoms with Crippen molar-refractivity contribution in [2.45, 2.75) is 26.3 Å². The van der Waals surface area contributed by atoms with Crippen molar-refractivity contribution in [3.05, 3.63) is 75.8 Å². The summed E-state index contributed by atoms with van der Waals surface area (Å²) in [5.41, 5.74) is 0.814. The van der Waals surface area contributed by atoms with Gasteiger partial charge in [-0.3, -0.25) is 24.5 Å². The van der Waals surface area contributed by atoms with Crippen molar-refractivity contribution in [2.75, 3.05) is 19.8 Å². The fourth-order valence-electron chi connectivity index (χ4n) is 2.98. The molecule has 0 aliphatic carbocycles. The van der Waals surface area contributed by atoms with Crippen LogP contribution in [0.15, 0.2) is 54.6 Å². The van der Waals surface area contributed by atoms with Gasteiger partial charge in [0.05, 0.1) is 18.2 Å². The minimum Gasteiger partial charge on any atom is -0.464 e. The maximum Gasteiger partial charge on any atom is 0.328 e. The first-order valence-corrected chi connectivity index (χ1v) is 10.5. The zero-order valence-corrected chi connectivity index (χ0v) is 18.9. The lowest BCUT2D eigenvalue weighted by atomic mass is 10.1. The van der Waals surface area contributed by atoms with Gasteiger partial charge < -0.3 is 20.3 Å². The van der Waals surface area contributed by atoms with Crippen molar-refractivity contribution in [3.8, 4) is 0 Å². The van der Waals surface area contributed by atoms with Gasteiger partial charge in [0.15, 0.2) is 0 Å². The monoisotopic (exact) mass is 470 g/mol. The number of carbonyl (C=O) groups is 4. The molecular weight excluding hydrogens is 444 g/mol. The summed E-state index contributed by atoms with van der Waals surface area (Å²) in [6.07, 6.45) is 0.211. The number of nitro benzene ring substituents is 1. The van der Waals surface area contributed by atoms with E-state index in [0.717, 1.165) is 10.5 Å². The van der Waals surface area contributed by atoms with Crippen LogP contribution in [-0.4, -0.2) is 59.4 Å². The van der Waals surface area contributed by atoms with Gasteiger partial charge in [-0.2, -0.15) is 0 Å². The fraction of sp³-hybridized carbons (Fsp3) is 0.304. The van der Waals surface area contributed by atoms with Crippen LogP contribution in [-0.2, 0) is 25.5 Å². The van der Waals surface area contributed by atoms with E-state index in [4.69, 9.17) is 4.74 Å². The van der Waals surface area contributed by atoms with Crippen molar-refractivity contribution < 1.29 is 28.8 Å². The summed E-state index contributed by atoms with van der Waals surface area (Å²) in [6, 6.07) is 13.1. The van der Waals surface area contributed by atoms with Crippen molar-refractivity contribution >= 4 is 29.4 Å². The molecule has 0 saturated heterocycles. The van der Waals surface area contributed by atoms with E-state index in [9.17, 15) is 29.3 Å². The topological polar surface area (TPSA) is 148 Å². The number of esters is 1. The number of non-ortho nitro benzene ring substituents is 1. The molecular formula is C23H26N4O7. The molecule has 11 heteroatoms. The minimum absolute atomic E-state index is 0.147. The number of amides is 3. The Morgan fingerprint density at radius 2 is 1.71 bits per heavy atom. The predicted molar refractivity (Wildman–Crippen MR) is 122 cm³/mol. The molecule has 0 saturated carbocycles. The van der Waals surface area contributed by atoms with Crippen LogP contribution in [0.3, 0.4) is 0 Å². The molecule has 2 aromatic rings. The molecule has 0 spiro atoms. The van der Waals surface area contributed by atoms with E-state index >= 15 is 0 Å². The third-order valence-corrected chi connectivity index (χ3v) is 4.74. The summed E-state index contributed by atoms with van der Waals surface area (Å²) in [5, 5.41) is 15.8. The summed E-state index contributed by atoms with van der Waals surface area (Å²) in [6.45, 7) is 2.36. The van der Waals surface area contributed by atoms with Crippen molar-refractivity contribution in [3.63, 3.8) is 0 Å². The third kappa shape index (κ3) is 8.01. The molecule has 0 aliphatic heterocycles. The highest BCUT2D eigenvalue weighted by Crippen LogP contribution is 2.11. The van der Waals surface area contributed by atoms with Crippen LogP contribution in [0.1, 0.15) is 29.8 Å². The summed E-state index contributed by atoms with van der Waals surface area (Å²) in [4.78, 5) is 60.4. The Morgan fingerprint density at radius 3 is 2.26 bits per heavy atom. The van der Waals surface area contributed by atoms with E-state index in [0.29, 0.717) is 0 Å². The second kappa shape index (κ2) is 12.7. The van der Waals surface area contributed by atoms with Crippen LogP contribution in [0.4, 0.5) is 5.69 Å². The van der Waals surface area contributed by atoms with Gasteiger partial charge in [-0.05, 0) is 24.6 Å². The zero-order valence-electron chi connectivity index (χ0n) is 18.9. The van der Waals surface area contributed by atoms with E-state index in [-0.39, 0.29) is 30.9 Å². The normalized spacial score (nSPS) is 11.1. The maximum atomic E-state index is 12.6. The Bertz CT molecular complexity index is 1030. The SMILES string of the molecule is CCOC(=O)C(Cc1ccccc1)NC(=O)CN(CNC(=O)c1ccc([N+](=O)[O-])cc1)C(C)=O. The third-order valence-electron chi connectivity index (χ3n) is 4.74. The maximum absolute atomic E-state index is 12.6. The van der Waals surface area contributed by atoms with Crippen LogP contribution in [0.5, 0.6) is 0 Å². The highest BCUT2D eigenvalue weighted by Gasteiger charge is 2.24. The second-order valence-corrected chi connectivity index (χ2v) is 7.25. The highest BCUT2D eigenvalue weighted by molar-refractivity contribution is 5.94. The predicted octanol–water partition coefficient (Wildman–Crippen LogP) is 1.42. The van der Waals surface area contributed by atoms with E-state index in [1.807, 2.05) is 30.3 Å². The minimum atomic E-state index is -0.946. The molecule has 0 heterocycles. The van der Waals surface area contributed by atoms with E-state index in [1.54, 1.807) is 6.92 Å². The Morgan fingerprint density at radius 1 is 1.06 bits per heavy atom. The summed E-state index contributed by atoms with van der Waals surface area (Å²) >= 11 is 0. The number of hydrogen-bond acceptors (Lipinski definition) is 7. The standard InChI is InChI=1S/C23H26N4O7/c1-3-34-23(31)20(13-17-7-5-4-6-8-17)25-21(29)14-26(16(2)28)15-24-22(30)18-9-11-19(12-10-18)27(32)33/h4-12,20H,3,13-15H2,1-2H3,(H,24,30)(H,25,29). The summed E-state index contributed by atoms with van der Waals surface area (Å²) < 4.78 is 5.05. The lowest BCUT2D eigenvalue weighted by molar-refractivity contribution is -0.384. The second-order valence-electron chi connectivity index (χ2n) is 7.25. The Labute approximate surface area is 196 Å². The first kappa shape index (κ1) is 26.0. The molecule has 11 nitrogen and oxygen atoms in total. The molecule has 2 aromatic carbocycles. The molecule has 0 radical (unpaired) electrons. The van der Waals surface area contributed by atoms with Crippen molar-refractivity contribution in [1.82, 2.24) is 15.5 Å². The number of benzene rings is 2. The Kier molecular flexibility index (Phi) is 9.69. The first-order valence-electron chi connectivity index (χ1n) is 10.5. The van der Waals surface area contributed by atoms with Gasteiger partial charge in [0, 0.05) is 31.0 Å². The molecule has 0 aliphatic rings. The van der Waals surface area contributed by atoms with Gasteiger partial charge in [-0.1, -0.05) is 30.3 Å². The lowest BCUT2D eigenvalue weighted by Crippen LogP contribution is -2.50. The largest absolute Gasteiger partial charge is 0.464 e. The molecule has 1 unspecified atom stereocenters. The fourth-order valence-corrected chi connectivity index (χ4v) is 2.98. The molecule has 1 atom stereocenters. The smallest absolute Gasteiger partial charge is 0.328 e. The lowest BCUT2D eigenvalue weighted by Gasteiger charge is -2.23. The molecule has 2 N–H and O–H groups in total. The van der Waals surface area contributed by atoms with Gasteiger partial charge in [-0.15, -0.1) is 0 Å². The average molecular weight is 470 g/mol. The number of hydrogen-bond donors (Lipinski definition) is 2. The van der Waals surface area contributed by atoms with Crippen molar-refractivity contribution in [1.29, 1.82) is 0 Å². The van der Waals surface area contributed by atoms with Gasteiger partial charge in [0.1, 0.15) is 12.6 Å². The zero-order chi connectivity index (χ0) is 25.1. The van der Waals surface area contributed by atoms with Gasteiger partial charge in [-0.25, -0.2) is 4.79 Å². The van der Waals surface area contributed by atoms with E-state index in [1.165, 1.54) is 31.2 Å². The number of nitrogens with one attached hydrogen (secondary N) is 2. The molecule has 2 rings (SSSR count). The molecule has 0 bridgehead atoms. The molecule has 0 aromatic heterocycles. The van der Waals surface area contributed by atoms with Crippen molar-refractivity contribution in [2.24, 2.45) is 0 Å². The van der Waals surface area contributed by atoms with Crippen LogP contribution in [0, 0.1) is 10.1 Å². The van der Waals surface area contributed by atoms with Crippen LogP contribution in [0.25, 0.3) is 0 Å². The Balaban J connectivity index is 1.98. The average Bonchev–Trinajstić information content (AvgIpc) is 2.81. The summed E-state index contributed by atoms with van der Waals surface area (Å²) in [7, 11) is 0. The summed E-state index contributed by atoms with van der Waals surface area (Å²) in [5.74, 6) is -2.25. The molecule has 180 valence electrons. The van der Waals surface area contributed by atoms with Gasteiger partial charge >= 0.3 is 5.97 Å². The first-order chi connectivity index (χ1) is 16.2. The number of nitrogens with zero attached hydrogens (tertiary/aromatic N) is 2. The quantitative estimate of drug-likeness (QED) is 0.218. The van der Waals surface area contributed by atoms with Crippen LogP contribution < -0.4 is 10.6 Å². The number of ether oxygens (including phenoxy) is 1. The highest BCUT2D eigenvalue weighted by atomic mass is 16.6. The van der Waals surface area contributed by atoms with Crippen LogP contribution >= 0.6 is 0 Å². The Hall–Kier alpha value is -4.28. The number of rotatable bonds is 11. The molecule has 0 fully saturated rings. The van der Waals surface area contributed by atoms with Gasteiger partial charge in [0.25, 0.3) is 11.6 Å². The van der Waals surface area contributed by atoms with E-state index < -0.39 is 41.2 Å². The molecule has 34 heavy (non-hydrogen) atoms.